The van der Waals surface area contributed by atoms with Crippen molar-refractivity contribution < 1.29 is 0 Å². The SMILES string of the molecule is Cc1cccc(C)c1-c1ccc(Cl)cc1NCCn1cncn1. The molecule has 0 spiro atoms. The number of anilines is 1. The average Bonchev–Trinajstić information content (AvgIpc) is 3.02. The highest BCUT2D eigenvalue weighted by Gasteiger charge is 2.10. The van der Waals surface area contributed by atoms with E-state index in [1.165, 1.54) is 22.3 Å². The second-order valence-corrected chi connectivity index (χ2v) is 5.98. The normalized spacial score (nSPS) is 10.7. The van der Waals surface area contributed by atoms with E-state index in [2.05, 4.69) is 53.5 Å². The lowest BCUT2D eigenvalue weighted by molar-refractivity contribution is 0.636. The van der Waals surface area contributed by atoms with E-state index in [0.29, 0.717) is 0 Å². The topological polar surface area (TPSA) is 42.7 Å². The Bertz CT molecular complexity index is 777. The first kappa shape index (κ1) is 15.6. The molecule has 2 aromatic carbocycles. The molecule has 0 aliphatic carbocycles. The van der Waals surface area contributed by atoms with Crippen molar-refractivity contribution in [3.8, 4) is 11.1 Å². The van der Waals surface area contributed by atoms with E-state index >= 15 is 0 Å². The van der Waals surface area contributed by atoms with Crippen LogP contribution >= 0.6 is 11.6 Å². The van der Waals surface area contributed by atoms with Gasteiger partial charge in [0.1, 0.15) is 12.7 Å². The minimum atomic E-state index is 0.725. The maximum Gasteiger partial charge on any atom is 0.137 e. The molecule has 118 valence electrons. The average molecular weight is 327 g/mol. The van der Waals surface area contributed by atoms with Gasteiger partial charge in [-0.3, -0.25) is 4.68 Å². The van der Waals surface area contributed by atoms with Gasteiger partial charge < -0.3 is 5.32 Å². The van der Waals surface area contributed by atoms with Gasteiger partial charge in [-0.2, -0.15) is 5.10 Å². The molecule has 0 saturated carbocycles. The first-order chi connectivity index (χ1) is 11.1. The minimum Gasteiger partial charge on any atom is -0.383 e. The van der Waals surface area contributed by atoms with Gasteiger partial charge in [-0.05, 0) is 42.7 Å². The Morgan fingerprint density at radius 2 is 1.91 bits per heavy atom. The van der Waals surface area contributed by atoms with E-state index in [-0.39, 0.29) is 0 Å². The molecule has 4 nitrogen and oxygen atoms in total. The summed E-state index contributed by atoms with van der Waals surface area (Å²) in [6, 6.07) is 12.3. The number of hydrogen-bond acceptors (Lipinski definition) is 3. The molecular formula is C18H19ClN4. The molecule has 0 aliphatic heterocycles. The molecule has 0 unspecified atom stereocenters. The van der Waals surface area contributed by atoms with Gasteiger partial charge >= 0.3 is 0 Å². The summed E-state index contributed by atoms with van der Waals surface area (Å²) in [7, 11) is 0. The molecule has 0 radical (unpaired) electrons. The molecule has 1 N–H and O–H groups in total. The largest absolute Gasteiger partial charge is 0.383 e. The van der Waals surface area contributed by atoms with E-state index in [1.807, 2.05) is 12.1 Å². The fourth-order valence-electron chi connectivity index (χ4n) is 2.77. The molecule has 3 rings (SSSR count). The molecule has 0 fully saturated rings. The van der Waals surface area contributed by atoms with E-state index < -0.39 is 0 Å². The van der Waals surface area contributed by atoms with Gasteiger partial charge in [0.2, 0.25) is 0 Å². The molecule has 0 atom stereocenters. The van der Waals surface area contributed by atoms with Crippen LogP contribution in [0.2, 0.25) is 5.02 Å². The highest BCUT2D eigenvalue weighted by Crippen LogP contribution is 2.34. The molecule has 0 aliphatic rings. The molecule has 23 heavy (non-hydrogen) atoms. The molecule has 0 saturated heterocycles. The maximum absolute atomic E-state index is 6.19. The Kier molecular flexibility index (Phi) is 4.63. The number of aryl methyl sites for hydroxylation is 2. The molecule has 1 heterocycles. The van der Waals surface area contributed by atoms with Crippen molar-refractivity contribution in [3.05, 3.63) is 65.2 Å². The van der Waals surface area contributed by atoms with Crippen LogP contribution in [0.25, 0.3) is 11.1 Å². The predicted molar refractivity (Wildman–Crippen MR) is 94.9 cm³/mol. The van der Waals surface area contributed by atoms with Crippen molar-refractivity contribution in [1.82, 2.24) is 14.8 Å². The summed E-state index contributed by atoms with van der Waals surface area (Å²) in [6.45, 7) is 5.77. The summed E-state index contributed by atoms with van der Waals surface area (Å²) in [5.74, 6) is 0. The van der Waals surface area contributed by atoms with E-state index in [0.717, 1.165) is 23.8 Å². The van der Waals surface area contributed by atoms with E-state index in [9.17, 15) is 0 Å². The Hall–Kier alpha value is -2.33. The number of halogens is 1. The molecular weight excluding hydrogens is 308 g/mol. The van der Waals surface area contributed by atoms with Crippen LogP contribution in [-0.4, -0.2) is 21.3 Å². The monoisotopic (exact) mass is 326 g/mol. The maximum atomic E-state index is 6.19. The van der Waals surface area contributed by atoms with E-state index in [1.54, 1.807) is 17.3 Å². The molecule has 0 bridgehead atoms. The molecule has 3 aromatic rings. The summed E-state index contributed by atoms with van der Waals surface area (Å²) in [4.78, 5) is 3.95. The fraction of sp³-hybridized carbons (Fsp3) is 0.222. The zero-order valence-electron chi connectivity index (χ0n) is 13.3. The second-order valence-electron chi connectivity index (χ2n) is 5.54. The molecule has 1 aromatic heterocycles. The lowest BCUT2D eigenvalue weighted by Crippen LogP contribution is -2.11. The lowest BCUT2D eigenvalue weighted by atomic mass is 9.94. The summed E-state index contributed by atoms with van der Waals surface area (Å²) in [5, 5.41) is 8.31. The Morgan fingerprint density at radius 3 is 2.61 bits per heavy atom. The number of hydrogen-bond donors (Lipinski definition) is 1. The highest BCUT2D eigenvalue weighted by atomic mass is 35.5. The van der Waals surface area contributed by atoms with Crippen LogP contribution in [0.5, 0.6) is 0 Å². The predicted octanol–water partition coefficient (Wildman–Crippen LogP) is 4.33. The van der Waals surface area contributed by atoms with Crippen molar-refractivity contribution in [2.45, 2.75) is 20.4 Å². The smallest absolute Gasteiger partial charge is 0.137 e. The number of nitrogens with zero attached hydrogens (tertiary/aromatic N) is 3. The van der Waals surface area contributed by atoms with Crippen molar-refractivity contribution in [2.24, 2.45) is 0 Å². The van der Waals surface area contributed by atoms with Crippen molar-refractivity contribution >= 4 is 17.3 Å². The highest BCUT2D eigenvalue weighted by molar-refractivity contribution is 6.31. The summed E-state index contributed by atoms with van der Waals surface area (Å²) < 4.78 is 1.80. The lowest BCUT2D eigenvalue weighted by Gasteiger charge is -2.16. The summed E-state index contributed by atoms with van der Waals surface area (Å²) >= 11 is 6.19. The van der Waals surface area contributed by atoms with Crippen molar-refractivity contribution in [1.29, 1.82) is 0 Å². The zero-order chi connectivity index (χ0) is 16.2. The van der Waals surface area contributed by atoms with Crippen LogP contribution in [0.3, 0.4) is 0 Å². The summed E-state index contributed by atoms with van der Waals surface area (Å²) in [5.41, 5.74) is 5.98. The van der Waals surface area contributed by atoms with Gasteiger partial charge in [0.05, 0.1) is 6.54 Å². The fourth-order valence-corrected chi connectivity index (χ4v) is 2.95. The third-order valence-corrected chi connectivity index (χ3v) is 4.09. The standard InChI is InChI=1S/C18H19ClN4/c1-13-4-3-5-14(2)18(13)16-7-6-15(19)10-17(16)21-8-9-23-12-20-11-22-23/h3-7,10-12,21H,8-9H2,1-2H3. The second kappa shape index (κ2) is 6.84. The Labute approximate surface area is 141 Å². The minimum absolute atomic E-state index is 0.725. The number of rotatable bonds is 5. The zero-order valence-corrected chi connectivity index (χ0v) is 14.0. The van der Waals surface area contributed by atoms with Crippen molar-refractivity contribution in [3.63, 3.8) is 0 Å². The van der Waals surface area contributed by atoms with Crippen LogP contribution in [0.15, 0.2) is 49.1 Å². The quantitative estimate of drug-likeness (QED) is 0.759. The number of benzene rings is 2. The van der Waals surface area contributed by atoms with Crippen LogP contribution in [0.4, 0.5) is 5.69 Å². The van der Waals surface area contributed by atoms with Crippen LogP contribution in [0.1, 0.15) is 11.1 Å². The van der Waals surface area contributed by atoms with Gasteiger partial charge in [-0.25, -0.2) is 4.98 Å². The van der Waals surface area contributed by atoms with Crippen LogP contribution in [0, 0.1) is 13.8 Å². The molecule has 0 amide bonds. The van der Waals surface area contributed by atoms with Gasteiger partial charge in [0.25, 0.3) is 0 Å². The van der Waals surface area contributed by atoms with Gasteiger partial charge in [-0.1, -0.05) is 35.9 Å². The van der Waals surface area contributed by atoms with Crippen LogP contribution in [-0.2, 0) is 6.54 Å². The van der Waals surface area contributed by atoms with Gasteiger partial charge in [0, 0.05) is 22.8 Å². The van der Waals surface area contributed by atoms with E-state index in [4.69, 9.17) is 11.6 Å². The summed E-state index contributed by atoms with van der Waals surface area (Å²) in [6.07, 6.45) is 3.26. The molecule has 5 heteroatoms. The van der Waals surface area contributed by atoms with Gasteiger partial charge in [-0.15, -0.1) is 0 Å². The Balaban J connectivity index is 1.89. The van der Waals surface area contributed by atoms with Gasteiger partial charge in [0.15, 0.2) is 0 Å². The van der Waals surface area contributed by atoms with Crippen LogP contribution < -0.4 is 5.32 Å². The third kappa shape index (κ3) is 3.54. The first-order valence-corrected chi connectivity index (χ1v) is 7.95. The first-order valence-electron chi connectivity index (χ1n) is 7.57. The Morgan fingerprint density at radius 1 is 1.13 bits per heavy atom. The third-order valence-electron chi connectivity index (χ3n) is 3.86. The number of nitrogens with one attached hydrogen (secondary N) is 1. The number of aromatic nitrogens is 3. The van der Waals surface area contributed by atoms with Crippen molar-refractivity contribution in [2.75, 3.05) is 11.9 Å².